The molecule has 2 aliphatic carbocycles. The molecule has 0 spiro atoms. The van der Waals surface area contributed by atoms with Crippen molar-refractivity contribution in [3.8, 4) is 0 Å². The van der Waals surface area contributed by atoms with Crippen LogP contribution in [0.25, 0.3) is 0 Å². The Morgan fingerprint density at radius 3 is 2.62 bits per heavy atom. The summed E-state index contributed by atoms with van der Waals surface area (Å²) in [7, 11) is 0. The Kier molecular flexibility index (Phi) is 0.651. The standard InChI is InChI=1S/C7H9F/c8-4-3-7-2-1-6(7)5-7/h3-4,6H,1-2,5H2. The summed E-state index contributed by atoms with van der Waals surface area (Å²) < 4.78 is 11.6. The molecule has 2 atom stereocenters. The predicted molar refractivity (Wildman–Crippen MR) is 30.0 cm³/mol. The van der Waals surface area contributed by atoms with E-state index in [1.54, 1.807) is 6.08 Å². The molecule has 0 bridgehead atoms. The van der Waals surface area contributed by atoms with Crippen LogP contribution in [0, 0.1) is 11.3 Å². The van der Waals surface area contributed by atoms with Crippen LogP contribution in [0.15, 0.2) is 12.4 Å². The van der Waals surface area contributed by atoms with Gasteiger partial charge in [0.1, 0.15) is 0 Å². The van der Waals surface area contributed by atoms with Crippen molar-refractivity contribution in [2.45, 2.75) is 19.3 Å². The summed E-state index contributed by atoms with van der Waals surface area (Å²) in [4.78, 5) is 0. The summed E-state index contributed by atoms with van der Waals surface area (Å²) >= 11 is 0. The van der Waals surface area contributed by atoms with Gasteiger partial charge in [0.2, 0.25) is 0 Å². The molecule has 0 saturated heterocycles. The fourth-order valence-electron chi connectivity index (χ4n) is 1.74. The Labute approximate surface area is 48.4 Å². The van der Waals surface area contributed by atoms with Gasteiger partial charge in [-0.3, -0.25) is 0 Å². The van der Waals surface area contributed by atoms with Crippen molar-refractivity contribution in [2.75, 3.05) is 0 Å². The van der Waals surface area contributed by atoms with Gasteiger partial charge in [-0.1, -0.05) is 0 Å². The van der Waals surface area contributed by atoms with E-state index in [1.807, 2.05) is 0 Å². The van der Waals surface area contributed by atoms with Crippen LogP contribution in [0.1, 0.15) is 19.3 Å². The highest BCUT2D eigenvalue weighted by Gasteiger charge is 2.58. The molecule has 8 heavy (non-hydrogen) atoms. The van der Waals surface area contributed by atoms with E-state index in [2.05, 4.69) is 0 Å². The summed E-state index contributed by atoms with van der Waals surface area (Å²) in [6.45, 7) is 0. The monoisotopic (exact) mass is 112 g/mol. The quantitative estimate of drug-likeness (QED) is 0.488. The molecule has 2 unspecified atom stereocenters. The first-order valence-corrected chi connectivity index (χ1v) is 3.15. The highest BCUT2D eigenvalue weighted by molar-refractivity contribution is 5.19. The largest absolute Gasteiger partial charge is 0.216 e. The number of allylic oxidation sites excluding steroid dienone is 1. The zero-order valence-corrected chi connectivity index (χ0v) is 4.73. The molecule has 0 N–H and O–H groups in total. The second-order valence-electron chi connectivity index (χ2n) is 2.97. The lowest BCUT2D eigenvalue weighted by Gasteiger charge is -2.19. The third kappa shape index (κ3) is 0.355. The topological polar surface area (TPSA) is 0 Å². The molecule has 0 aromatic rings. The summed E-state index contributed by atoms with van der Waals surface area (Å²) in [5.74, 6) is 0.870. The zero-order chi connectivity index (χ0) is 5.61. The molecule has 0 aromatic carbocycles. The van der Waals surface area contributed by atoms with Gasteiger partial charge in [-0.05, 0) is 36.7 Å². The van der Waals surface area contributed by atoms with Gasteiger partial charge in [-0.15, -0.1) is 0 Å². The molecule has 0 aromatic heterocycles. The van der Waals surface area contributed by atoms with Crippen molar-refractivity contribution >= 4 is 0 Å². The normalized spacial score (nSPS) is 50.9. The molecule has 0 amide bonds. The van der Waals surface area contributed by atoms with Crippen molar-refractivity contribution in [1.82, 2.24) is 0 Å². The van der Waals surface area contributed by atoms with Crippen LogP contribution in [-0.2, 0) is 0 Å². The number of fused-ring (bicyclic) bond motifs is 1. The third-order valence-electron chi connectivity index (χ3n) is 2.63. The minimum absolute atomic E-state index is 0.384. The minimum Gasteiger partial charge on any atom is -0.216 e. The second kappa shape index (κ2) is 1.15. The number of halogens is 1. The average molecular weight is 112 g/mol. The van der Waals surface area contributed by atoms with Crippen molar-refractivity contribution in [1.29, 1.82) is 0 Å². The van der Waals surface area contributed by atoms with E-state index < -0.39 is 0 Å². The maximum atomic E-state index is 11.6. The number of rotatable bonds is 1. The van der Waals surface area contributed by atoms with Crippen LogP contribution in [0.4, 0.5) is 4.39 Å². The Balaban J connectivity index is 2.07. The minimum atomic E-state index is 0.384. The summed E-state index contributed by atoms with van der Waals surface area (Å²) in [5.41, 5.74) is 0.384. The fourth-order valence-corrected chi connectivity index (χ4v) is 1.74. The maximum absolute atomic E-state index is 11.6. The Bertz CT molecular complexity index is 135. The lowest BCUT2D eigenvalue weighted by atomic mass is 9.85. The molecule has 1 heteroatoms. The van der Waals surface area contributed by atoms with Crippen molar-refractivity contribution in [3.63, 3.8) is 0 Å². The molecular weight excluding hydrogens is 103 g/mol. The molecule has 2 saturated carbocycles. The molecule has 0 nitrogen and oxygen atoms in total. The first-order chi connectivity index (χ1) is 3.87. The van der Waals surface area contributed by atoms with Crippen LogP contribution in [-0.4, -0.2) is 0 Å². The van der Waals surface area contributed by atoms with Gasteiger partial charge in [0.15, 0.2) is 0 Å². The molecule has 0 radical (unpaired) electrons. The van der Waals surface area contributed by atoms with Gasteiger partial charge in [0.25, 0.3) is 0 Å². The fraction of sp³-hybridized carbons (Fsp3) is 0.714. The average Bonchev–Trinajstić information content (AvgIpc) is 2.19. The van der Waals surface area contributed by atoms with E-state index in [0.717, 1.165) is 5.92 Å². The van der Waals surface area contributed by atoms with Crippen LogP contribution in [0.5, 0.6) is 0 Å². The van der Waals surface area contributed by atoms with Gasteiger partial charge >= 0.3 is 0 Å². The Morgan fingerprint density at radius 1 is 1.62 bits per heavy atom. The first-order valence-electron chi connectivity index (χ1n) is 3.15. The smallest absolute Gasteiger partial charge is 0.0832 e. The maximum Gasteiger partial charge on any atom is 0.0832 e. The van der Waals surface area contributed by atoms with Gasteiger partial charge in [-0.25, -0.2) is 4.39 Å². The number of hydrogen-bond donors (Lipinski definition) is 0. The van der Waals surface area contributed by atoms with Crippen molar-refractivity contribution in [3.05, 3.63) is 12.4 Å². The van der Waals surface area contributed by atoms with Gasteiger partial charge in [0.05, 0.1) is 6.33 Å². The van der Waals surface area contributed by atoms with E-state index in [0.29, 0.717) is 11.7 Å². The Morgan fingerprint density at radius 2 is 2.50 bits per heavy atom. The first kappa shape index (κ1) is 4.54. The lowest BCUT2D eigenvalue weighted by molar-refractivity contribution is 0.364. The molecular formula is C7H9F. The van der Waals surface area contributed by atoms with Crippen LogP contribution < -0.4 is 0 Å². The van der Waals surface area contributed by atoms with Gasteiger partial charge < -0.3 is 0 Å². The summed E-state index contributed by atoms with van der Waals surface area (Å²) in [6, 6.07) is 0. The van der Waals surface area contributed by atoms with Crippen molar-refractivity contribution < 1.29 is 4.39 Å². The molecule has 0 aliphatic heterocycles. The predicted octanol–water partition coefficient (Wildman–Crippen LogP) is 2.27. The molecule has 2 rings (SSSR count). The van der Waals surface area contributed by atoms with Crippen LogP contribution in [0.2, 0.25) is 0 Å². The zero-order valence-electron chi connectivity index (χ0n) is 4.73. The third-order valence-corrected chi connectivity index (χ3v) is 2.63. The van der Waals surface area contributed by atoms with Gasteiger partial charge in [-0.2, -0.15) is 0 Å². The van der Waals surface area contributed by atoms with Crippen LogP contribution >= 0.6 is 0 Å². The van der Waals surface area contributed by atoms with E-state index in [-0.39, 0.29) is 0 Å². The SMILES string of the molecule is FC=CC12CCC1C2. The van der Waals surface area contributed by atoms with Crippen molar-refractivity contribution in [2.24, 2.45) is 11.3 Å². The van der Waals surface area contributed by atoms with Gasteiger partial charge in [0, 0.05) is 0 Å². The van der Waals surface area contributed by atoms with E-state index in [4.69, 9.17) is 0 Å². The molecule has 0 heterocycles. The van der Waals surface area contributed by atoms with E-state index in [1.165, 1.54) is 19.3 Å². The summed E-state index contributed by atoms with van der Waals surface area (Å²) in [6.07, 6.45) is 6.27. The van der Waals surface area contributed by atoms with E-state index >= 15 is 0 Å². The van der Waals surface area contributed by atoms with E-state index in [9.17, 15) is 4.39 Å². The highest BCUT2D eigenvalue weighted by atomic mass is 19.1. The highest BCUT2D eigenvalue weighted by Crippen LogP contribution is 2.68. The molecule has 2 aliphatic rings. The number of hydrogen-bond acceptors (Lipinski definition) is 0. The second-order valence-corrected chi connectivity index (χ2v) is 2.97. The summed E-state index contributed by atoms with van der Waals surface area (Å²) in [5, 5.41) is 0. The Hall–Kier alpha value is -0.330. The van der Waals surface area contributed by atoms with Crippen LogP contribution in [0.3, 0.4) is 0 Å². The molecule has 2 fully saturated rings. The lowest BCUT2D eigenvalue weighted by Crippen LogP contribution is -2.10. The molecule has 44 valence electrons.